The zero-order valence-electron chi connectivity index (χ0n) is 10.6. The molecule has 0 aliphatic heterocycles. The Labute approximate surface area is 132 Å². The molecule has 1 aromatic rings. The Morgan fingerprint density at radius 1 is 1.05 bits per heavy atom. The van der Waals surface area contributed by atoms with E-state index in [-0.39, 0.29) is 27.3 Å². The van der Waals surface area contributed by atoms with Gasteiger partial charge in [0.1, 0.15) is 17.3 Å². The smallest absolute Gasteiger partial charge is 0.262 e. The first-order valence-corrected chi connectivity index (χ1v) is 8.56. The molecule has 9 heteroatoms. The van der Waals surface area contributed by atoms with Crippen LogP contribution in [0.1, 0.15) is 0 Å². The minimum absolute atomic E-state index is 0.0558. The second-order valence-corrected chi connectivity index (χ2v) is 6.95. The fourth-order valence-corrected chi connectivity index (χ4v) is 3.06. The molecule has 0 atom stereocenters. The summed E-state index contributed by atoms with van der Waals surface area (Å²) in [6.07, 6.45) is 0. The van der Waals surface area contributed by atoms with Crippen molar-refractivity contribution in [2.75, 3.05) is 33.5 Å². The summed E-state index contributed by atoms with van der Waals surface area (Å²) in [4.78, 5) is -0.255. The largest absolute Gasteiger partial charge is 0.490 e. The zero-order valence-corrected chi connectivity index (χ0v) is 13.7. The van der Waals surface area contributed by atoms with Crippen molar-refractivity contribution in [3.63, 3.8) is 0 Å². The maximum Gasteiger partial charge on any atom is 0.262 e. The lowest BCUT2D eigenvalue weighted by atomic mass is 10.3. The van der Waals surface area contributed by atoms with Gasteiger partial charge < -0.3 is 14.2 Å². The SMILES string of the molecule is COCCOCCOc1cc(Cl)c(S(=O)(=O)Cl)cc1Cl. The molecular weight excluding hydrogens is 351 g/mol. The highest BCUT2D eigenvalue weighted by molar-refractivity contribution is 8.13. The first kappa shape index (κ1) is 17.8. The van der Waals surface area contributed by atoms with Crippen LogP contribution >= 0.6 is 33.9 Å². The van der Waals surface area contributed by atoms with E-state index in [0.29, 0.717) is 19.8 Å². The second-order valence-electron chi connectivity index (χ2n) is 3.60. The molecule has 1 rings (SSSR count). The average Bonchev–Trinajstić information content (AvgIpc) is 2.35. The molecule has 5 nitrogen and oxygen atoms in total. The molecular formula is C11H13Cl3O5S. The fourth-order valence-electron chi connectivity index (χ4n) is 1.26. The van der Waals surface area contributed by atoms with Crippen molar-refractivity contribution in [1.29, 1.82) is 0 Å². The number of methoxy groups -OCH3 is 1. The van der Waals surface area contributed by atoms with Gasteiger partial charge in [-0.15, -0.1) is 0 Å². The molecule has 0 N–H and O–H groups in total. The monoisotopic (exact) mass is 362 g/mol. The van der Waals surface area contributed by atoms with Crippen molar-refractivity contribution in [1.82, 2.24) is 0 Å². The predicted octanol–water partition coefficient (Wildman–Crippen LogP) is 2.96. The zero-order chi connectivity index (χ0) is 15.2. The van der Waals surface area contributed by atoms with Crippen LogP contribution in [0.3, 0.4) is 0 Å². The van der Waals surface area contributed by atoms with Crippen LogP contribution in [0.2, 0.25) is 10.0 Å². The van der Waals surface area contributed by atoms with E-state index in [1.807, 2.05) is 0 Å². The first-order valence-electron chi connectivity index (χ1n) is 5.49. The molecule has 114 valence electrons. The summed E-state index contributed by atoms with van der Waals surface area (Å²) >= 11 is 11.7. The highest BCUT2D eigenvalue weighted by Gasteiger charge is 2.18. The average molecular weight is 364 g/mol. The number of hydrogen-bond acceptors (Lipinski definition) is 5. The molecule has 0 saturated carbocycles. The van der Waals surface area contributed by atoms with Crippen LogP contribution < -0.4 is 4.74 Å². The summed E-state index contributed by atoms with van der Waals surface area (Å²) in [5, 5.41) is 0.0465. The second kappa shape index (κ2) is 8.26. The third-order valence-electron chi connectivity index (χ3n) is 2.17. The molecule has 0 aromatic heterocycles. The molecule has 0 fully saturated rings. The molecule has 0 bridgehead atoms. The first-order chi connectivity index (χ1) is 9.36. The number of hydrogen-bond donors (Lipinski definition) is 0. The lowest BCUT2D eigenvalue weighted by Crippen LogP contribution is -2.10. The van der Waals surface area contributed by atoms with Crippen molar-refractivity contribution in [2.45, 2.75) is 4.90 Å². The van der Waals surface area contributed by atoms with E-state index in [1.165, 1.54) is 6.07 Å². The van der Waals surface area contributed by atoms with Gasteiger partial charge in [0.2, 0.25) is 0 Å². The van der Waals surface area contributed by atoms with Gasteiger partial charge in [0, 0.05) is 23.9 Å². The third kappa shape index (κ3) is 5.63. The summed E-state index contributed by atoms with van der Waals surface area (Å²) in [5.41, 5.74) is 0. The van der Waals surface area contributed by atoms with Gasteiger partial charge in [0.25, 0.3) is 9.05 Å². The highest BCUT2D eigenvalue weighted by atomic mass is 35.7. The van der Waals surface area contributed by atoms with Crippen molar-refractivity contribution in [3.8, 4) is 5.75 Å². The van der Waals surface area contributed by atoms with Gasteiger partial charge in [0.15, 0.2) is 0 Å². The van der Waals surface area contributed by atoms with Crippen molar-refractivity contribution >= 4 is 42.9 Å². The normalized spacial score (nSPS) is 11.6. The molecule has 0 heterocycles. The minimum Gasteiger partial charge on any atom is -0.490 e. The van der Waals surface area contributed by atoms with Crippen LogP contribution in [0.4, 0.5) is 0 Å². The Bertz CT molecular complexity index is 547. The molecule has 20 heavy (non-hydrogen) atoms. The number of benzene rings is 1. The minimum atomic E-state index is -3.95. The van der Waals surface area contributed by atoms with Crippen LogP contribution in [-0.4, -0.2) is 42.0 Å². The van der Waals surface area contributed by atoms with Crippen molar-refractivity contribution < 1.29 is 22.6 Å². The highest BCUT2D eigenvalue weighted by Crippen LogP contribution is 2.34. The Hall–Kier alpha value is -0.240. The van der Waals surface area contributed by atoms with Crippen LogP contribution in [-0.2, 0) is 18.5 Å². The Balaban J connectivity index is 2.62. The Morgan fingerprint density at radius 2 is 1.70 bits per heavy atom. The van der Waals surface area contributed by atoms with E-state index in [4.69, 9.17) is 48.1 Å². The summed E-state index contributed by atoms with van der Waals surface area (Å²) in [6.45, 7) is 1.53. The molecule has 0 radical (unpaired) electrons. The van der Waals surface area contributed by atoms with E-state index in [9.17, 15) is 8.42 Å². The standard InChI is InChI=1S/C11H13Cl3O5S/c1-17-2-3-18-4-5-19-10-6-9(13)11(7-8(10)12)20(14,15)16/h6-7H,2-5H2,1H3. The van der Waals surface area contributed by atoms with Gasteiger partial charge in [-0.3, -0.25) is 0 Å². The summed E-state index contributed by atoms with van der Waals surface area (Å²) in [6, 6.07) is 2.45. The molecule has 0 amide bonds. The number of ether oxygens (including phenoxy) is 3. The van der Waals surface area contributed by atoms with Gasteiger partial charge >= 0.3 is 0 Å². The lowest BCUT2D eigenvalue weighted by Gasteiger charge is -2.10. The predicted molar refractivity (Wildman–Crippen MR) is 77.7 cm³/mol. The molecule has 0 spiro atoms. The third-order valence-corrected chi connectivity index (χ3v) is 4.25. The van der Waals surface area contributed by atoms with E-state index in [2.05, 4.69) is 0 Å². The van der Waals surface area contributed by atoms with Crippen molar-refractivity contribution in [2.24, 2.45) is 0 Å². The maximum absolute atomic E-state index is 11.2. The summed E-state index contributed by atoms with van der Waals surface area (Å²) in [7, 11) is 2.85. The van der Waals surface area contributed by atoms with E-state index < -0.39 is 9.05 Å². The summed E-state index contributed by atoms with van der Waals surface area (Å²) in [5.74, 6) is 0.260. The van der Waals surface area contributed by atoms with Crippen LogP contribution in [0.5, 0.6) is 5.75 Å². The Morgan fingerprint density at radius 3 is 2.30 bits per heavy atom. The van der Waals surface area contributed by atoms with Gasteiger partial charge in [0.05, 0.1) is 29.9 Å². The molecule has 1 aromatic carbocycles. The van der Waals surface area contributed by atoms with Gasteiger partial charge in [-0.1, -0.05) is 23.2 Å². The number of rotatable bonds is 8. The molecule has 0 aliphatic carbocycles. The van der Waals surface area contributed by atoms with Gasteiger partial charge in [-0.25, -0.2) is 8.42 Å². The van der Waals surface area contributed by atoms with E-state index in [1.54, 1.807) is 7.11 Å². The molecule has 0 unspecified atom stereocenters. The maximum atomic E-state index is 11.2. The van der Waals surface area contributed by atoms with Crippen LogP contribution in [0.25, 0.3) is 0 Å². The fraction of sp³-hybridized carbons (Fsp3) is 0.455. The van der Waals surface area contributed by atoms with E-state index in [0.717, 1.165) is 6.07 Å². The Kier molecular flexibility index (Phi) is 7.36. The number of halogens is 3. The molecule has 0 saturated heterocycles. The van der Waals surface area contributed by atoms with Crippen molar-refractivity contribution in [3.05, 3.63) is 22.2 Å². The summed E-state index contributed by atoms with van der Waals surface area (Å²) < 4.78 is 37.8. The van der Waals surface area contributed by atoms with Crippen LogP contribution in [0, 0.1) is 0 Å². The molecule has 0 aliphatic rings. The van der Waals surface area contributed by atoms with Gasteiger partial charge in [-0.05, 0) is 6.07 Å². The van der Waals surface area contributed by atoms with E-state index >= 15 is 0 Å². The van der Waals surface area contributed by atoms with Gasteiger partial charge in [-0.2, -0.15) is 0 Å². The topological polar surface area (TPSA) is 61.8 Å². The lowest BCUT2D eigenvalue weighted by molar-refractivity contribution is 0.0544. The quantitative estimate of drug-likeness (QED) is 0.525. The van der Waals surface area contributed by atoms with Crippen LogP contribution in [0.15, 0.2) is 17.0 Å².